The van der Waals surface area contributed by atoms with Crippen molar-refractivity contribution in [1.29, 1.82) is 0 Å². The van der Waals surface area contributed by atoms with Crippen LogP contribution >= 0.6 is 15.9 Å². The summed E-state index contributed by atoms with van der Waals surface area (Å²) in [6, 6.07) is 4.85. The molecule has 0 aromatic heterocycles. The number of sulfonamides is 1. The molecule has 4 nitrogen and oxygen atoms in total. The van der Waals surface area contributed by atoms with Crippen molar-refractivity contribution in [2.45, 2.75) is 30.6 Å². The minimum absolute atomic E-state index is 0.225. The van der Waals surface area contributed by atoms with Gasteiger partial charge in [-0.25, -0.2) is 13.1 Å². The Morgan fingerprint density at radius 1 is 1.25 bits per heavy atom. The minimum atomic E-state index is -3.50. The van der Waals surface area contributed by atoms with Gasteiger partial charge in [0.2, 0.25) is 10.0 Å². The van der Waals surface area contributed by atoms with E-state index < -0.39 is 10.0 Å². The predicted molar refractivity (Wildman–Crippen MR) is 82.7 cm³/mol. The van der Waals surface area contributed by atoms with Crippen LogP contribution in [-0.4, -0.2) is 15.0 Å². The topological polar surface area (TPSA) is 72.2 Å². The van der Waals surface area contributed by atoms with Gasteiger partial charge in [0.1, 0.15) is 0 Å². The molecule has 6 heteroatoms. The predicted octanol–water partition coefficient (Wildman–Crippen LogP) is 2.75. The van der Waals surface area contributed by atoms with Crippen LogP contribution in [-0.2, 0) is 10.0 Å². The van der Waals surface area contributed by atoms with Crippen molar-refractivity contribution in [3.8, 4) is 0 Å². The standard InChI is InChI=1S/C14H19BrN2O2S/c15-13-6-5-11(16)7-14(13)20(18,19)17-8-12(9-1-2-9)10-3-4-10/h5-7,9-10,12,17H,1-4,8,16H2. The largest absolute Gasteiger partial charge is 0.399 e. The molecular formula is C14H19BrN2O2S. The SMILES string of the molecule is Nc1ccc(Br)c(S(=O)(=O)NCC(C2CC2)C2CC2)c1. The van der Waals surface area contributed by atoms with Gasteiger partial charge in [0.25, 0.3) is 0 Å². The maximum Gasteiger partial charge on any atom is 0.241 e. The molecule has 0 amide bonds. The van der Waals surface area contributed by atoms with E-state index in [1.807, 2.05) is 0 Å². The molecule has 110 valence electrons. The molecule has 0 bridgehead atoms. The number of hydrogen-bond acceptors (Lipinski definition) is 3. The summed E-state index contributed by atoms with van der Waals surface area (Å²) in [5, 5.41) is 0. The second-order valence-corrected chi connectivity index (χ2v) is 8.47. The number of halogens is 1. The van der Waals surface area contributed by atoms with E-state index in [1.54, 1.807) is 12.1 Å². The lowest BCUT2D eigenvalue weighted by Crippen LogP contribution is -2.31. The van der Waals surface area contributed by atoms with Gasteiger partial charge in [-0.1, -0.05) is 0 Å². The van der Waals surface area contributed by atoms with Crippen LogP contribution in [0.2, 0.25) is 0 Å². The molecule has 0 saturated heterocycles. The van der Waals surface area contributed by atoms with Gasteiger partial charge in [0, 0.05) is 16.7 Å². The summed E-state index contributed by atoms with van der Waals surface area (Å²) in [7, 11) is -3.50. The number of nitrogens with one attached hydrogen (secondary N) is 1. The highest BCUT2D eigenvalue weighted by Crippen LogP contribution is 2.48. The lowest BCUT2D eigenvalue weighted by atomic mass is 9.99. The quantitative estimate of drug-likeness (QED) is 0.767. The van der Waals surface area contributed by atoms with Crippen molar-refractivity contribution in [3.63, 3.8) is 0 Å². The van der Waals surface area contributed by atoms with Crippen molar-refractivity contribution >= 4 is 31.6 Å². The molecule has 0 heterocycles. The molecule has 0 aliphatic heterocycles. The van der Waals surface area contributed by atoms with Crippen LogP contribution in [0, 0.1) is 17.8 Å². The fourth-order valence-corrected chi connectivity index (χ4v) is 4.85. The number of rotatable bonds is 6. The van der Waals surface area contributed by atoms with E-state index in [0.29, 0.717) is 22.6 Å². The van der Waals surface area contributed by atoms with Gasteiger partial charge in [-0.15, -0.1) is 0 Å². The van der Waals surface area contributed by atoms with Gasteiger partial charge in [-0.3, -0.25) is 0 Å². The highest BCUT2D eigenvalue weighted by atomic mass is 79.9. The maximum absolute atomic E-state index is 12.4. The van der Waals surface area contributed by atoms with Crippen LogP contribution in [0.4, 0.5) is 5.69 Å². The van der Waals surface area contributed by atoms with Crippen LogP contribution in [0.1, 0.15) is 25.7 Å². The van der Waals surface area contributed by atoms with E-state index in [9.17, 15) is 8.42 Å². The summed E-state index contributed by atoms with van der Waals surface area (Å²) in [6.45, 7) is 0.554. The van der Waals surface area contributed by atoms with Crippen LogP contribution in [0.25, 0.3) is 0 Å². The molecule has 0 spiro atoms. The molecule has 1 aromatic rings. The Bertz CT molecular complexity index is 598. The van der Waals surface area contributed by atoms with Crippen molar-refractivity contribution in [1.82, 2.24) is 4.72 Å². The lowest BCUT2D eigenvalue weighted by molar-refractivity contribution is 0.401. The number of nitrogens with two attached hydrogens (primary N) is 1. The summed E-state index contributed by atoms with van der Waals surface area (Å²) in [4.78, 5) is 0.225. The first kappa shape index (κ1) is 14.4. The Hall–Kier alpha value is -0.590. The highest BCUT2D eigenvalue weighted by Gasteiger charge is 2.41. The molecule has 0 atom stereocenters. The minimum Gasteiger partial charge on any atom is -0.399 e. The second kappa shape index (κ2) is 5.31. The summed E-state index contributed by atoms with van der Waals surface area (Å²) < 4.78 is 28.1. The normalized spacial score (nSPS) is 19.5. The molecule has 20 heavy (non-hydrogen) atoms. The smallest absolute Gasteiger partial charge is 0.241 e. The average molecular weight is 359 g/mol. The molecule has 1 aromatic carbocycles. The van der Waals surface area contributed by atoms with Gasteiger partial charge in [0.05, 0.1) is 4.90 Å². The fraction of sp³-hybridized carbons (Fsp3) is 0.571. The van der Waals surface area contributed by atoms with Crippen LogP contribution < -0.4 is 10.5 Å². The molecule has 3 N–H and O–H groups in total. The third-order valence-electron chi connectivity index (χ3n) is 4.21. The van der Waals surface area contributed by atoms with Crippen molar-refractivity contribution in [3.05, 3.63) is 22.7 Å². The number of anilines is 1. The Morgan fingerprint density at radius 2 is 1.85 bits per heavy atom. The van der Waals surface area contributed by atoms with E-state index in [4.69, 9.17) is 5.73 Å². The highest BCUT2D eigenvalue weighted by molar-refractivity contribution is 9.10. The molecule has 2 aliphatic rings. The van der Waals surface area contributed by atoms with Crippen molar-refractivity contribution in [2.75, 3.05) is 12.3 Å². The molecule has 2 saturated carbocycles. The zero-order chi connectivity index (χ0) is 14.3. The fourth-order valence-electron chi connectivity index (χ4n) is 2.78. The summed E-state index contributed by atoms with van der Waals surface area (Å²) in [6.07, 6.45) is 5.02. The molecule has 2 aliphatic carbocycles. The number of hydrogen-bond donors (Lipinski definition) is 2. The van der Waals surface area contributed by atoms with E-state index in [-0.39, 0.29) is 4.90 Å². The summed E-state index contributed by atoms with van der Waals surface area (Å²) >= 11 is 3.28. The van der Waals surface area contributed by atoms with E-state index in [2.05, 4.69) is 20.7 Å². The first-order valence-electron chi connectivity index (χ1n) is 7.02. The van der Waals surface area contributed by atoms with E-state index in [1.165, 1.54) is 31.7 Å². The Kier molecular flexibility index (Phi) is 3.81. The average Bonchev–Trinajstić information content (AvgIpc) is 3.25. The van der Waals surface area contributed by atoms with Crippen LogP contribution in [0.3, 0.4) is 0 Å². The Balaban J connectivity index is 1.73. The monoisotopic (exact) mass is 358 g/mol. The van der Waals surface area contributed by atoms with E-state index in [0.717, 1.165) is 11.8 Å². The number of nitrogen functional groups attached to an aromatic ring is 1. The lowest BCUT2D eigenvalue weighted by Gasteiger charge is -2.17. The Morgan fingerprint density at radius 3 is 2.40 bits per heavy atom. The summed E-state index contributed by atoms with van der Waals surface area (Å²) in [5.41, 5.74) is 6.14. The third-order valence-corrected chi connectivity index (χ3v) is 6.63. The van der Waals surface area contributed by atoms with Gasteiger partial charge >= 0.3 is 0 Å². The van der Waals surface area contributed by atoms with Crippen LogP contribution in [0.15, 0.2) is 27.6 Å². The van der Waals surface area contributed by atoms with Gasteiger partial charge in [-0.05, 0) is 77.6 Å². The van der Waals surface area contributed by atoms with Crippen LogP contribution in [0.5, 0.6) is 0 Å². The van der Waals surface area contributed by atoms with Gasteiger partial charge in [0.15, 0.2) is 0 Å². The van der Waals surface area contributed by atoms with Crippen molar-refractivity contribution in [2.24, 2.45) is 17.8 Å². The molecule has 2 fully saturated rings. The zero-order valence-electron chi connectivity index (χ0n) is 11.2. The molecule has 0 radical (unpaired) electrons. The van der Waals surface area contributed by atoms with Gasteiger partial charge in [-0.2, -0.15) is 0 Å². The maximum atomic E-state index is 12.4. The second-order valence-electron chi connectivity index (χ2n) is 5.88. The zero-order valence-corrected chi connectivity index (χ0v) is 13.6. The van der Waals surface area contributed by atoms with Crippen molar-refractivity contribution < 1.29 is 8.42 Å². The van der Waals surface area contributed by atoms with Gasteiger partial charge < -0.3 is 5.73 Å². The molecule has 0 unspecified atom stereocenters. The Labute approximate surface area is 128 Å². The molecule has 3 rings (SSSR count). The number of benzene rings is 1. The molecular weight excluding hydrogens is 340 g/mol. The summed E-state index contributed by atoms with van der Waals surface area (Å²) in [5.74, 6) is 1.98. The first-order valence-corrected chi connectivity index (χ1v) is 9.29. The van der Waals surface area contributed by atoms with E-state index >= 15 is 0 Å². The first-order chi connectivity index (χ1) is 9.47. The third kappa shape index (κ3) is 3.18.